The first kappa shape index (κ1) is 49.6. The number of hydrogen-bond acceptors (Lipinski definition) is 12. The van der Waals surface area contributed by atoms with Crippen molar-refractivity contribution in [2.24, 2.45) is 22.9 Å². The number of nitrogens with two attached hydrogens (primary N) is 4. The Balaban J connectivity index is 1.03. The van der Waals surface area contributed by atoms with Gasteiger partial charge < -0.3 is 62.8 Å². The van der Waals surface area contributed by atoms with Gasteiger partial charge in [-0.2, -0.15) is 0 Å². The highest BCUT2D eigenvalue weighted by molar-refractivity contribution is 5.95. The van der Waals surface area contributed by atoms with Gasteiger partial charge in [0.25, 0.3) is 11.1 Å². The highest BCUT2D eigenvalue weighted by atomic mass is 16.5. The van der Waals surface area contributed by atoms with Crippen LogP contribution >= 0.6 is 0 Å². The van der Waals surface area contributed by atoms with Crippen LogP contribution in [-0.4, -0.2) is 83.0 Å². The maximum Gasteiger partial charge on any atom is 0.274 e. The molecule has 4 rings (SSSR count). The van der Waals surface area contributed by atoms with E-state index in [9.17, 15) is 38.4 Å². The minimum atomic E-state index is -0.864. The second-order valence-corrected chi connectivity index (χ2v) is 15.1. The molecule has 6 amide bonds. The van der Waals surface area contributed by atoms with E-state index in [2.05, 4.69) is 21.3 Å². The van der Waals surface area contributed by atoms with Gasteiger partial charge in [-0.25, -0.2) is 0 Å². The lowest BCUT2D eigenvalue weighted by Gasteiger charge is -2.13. The van der Waals surface area contributed by atoms with Gasteiger partial charge in [-0.15, -0.1) is 0 Å². The second-order valence-electron chi connectivity index (χ2n) is 15.1. The van der Waals surface area contributed by atoms with E-state index in [-0.39, 0.29) is 49.1 Å². The topological polar surface area (TPSA) is 317 Å². The molecule has 20 heteroatoms. The number of carbonyl (C=O) groups excluding carboxylic acids is 6. The van der Waals surface area contributed by atoms with Gasteiger partial charge in [-0.3, -0.25) is 38.4 Å². The molecule has 2 aromatic carbocycles. The molecule has 4 aromatic rings. The van der Waals surface area contributed by atoms with Crippen LogP contribution in [0, 0.1) is 0 Å². The number of nitrogens with one attached hydrogen (secondary N) is 4. The van der Waals surface area contributed by atoms with Gasteiger partial charge in [0.15, 0.2) is 0 Å². The molecule has 0 aliphatic rings. The minimum absolute atomic E-state index is 0.00155. The Morgan fingerprint density at radius 1 is 0.562 bits per heavy atom. The fourth-order valence-corrected chi connectivity index (χ4v) is 6.40. The Kier molecular flexibility index (Phi) is 20.0. The van der Waals surface area contributed by atoms with Gasteiger partial charge in [0, 0.05) is 38.3 Å². The molecule has 0 saturated heterocycles. The lowest BCUT2D eigenvalue weighted by Crippen LogP contribution is -2.38. The highest BCUT2D eigenvalue weighted by Crippen LogP contribution is 2.25. The number of primary amides is 2. The van der Waals surface area contributed by atoms with Gasteiger partial charge in [0.1, 0.15) is 36.0 Å². The number of aromatic nitrogens is 2. The minimum Gasteiger partial charge on any atom is -0.494 e. The number of fused-ring (bicyclic) bond motifs is 1. The molecule has 0 aliphatic heterocycles. The van der Waals surface area contributed by atoms with Crippen molar-refractivity contribution in [3.63, 3.8) is 0 Å². The highest BCUT2D eigenvalue weighted by Gasteiger charge is 2.17. The number of nitrogens with zero attached hydrogens (tertiary/aromatic N) is 2. The SMILES string of the molecule is NC(=O)Cn1cccc(NC(=O)[C@H](N)CCCCNC(=O)CCCOc2ccc3ccc(OCCCC(=O)NCCCC[C@H](N)C(=O)Nc4cccn(CC(N)=O)c4=O)cc3c2)c1=O. The third-order valence-corrected chi connectivity index (χ3v) is 9.83. The third kappa shape index (κ3) is 17.0. The number of pyridine rings is 2. The van der Waals surface area contributed by atoms with Crippen molar-refractivity contribution < 1.29 is 38.2 Å². The predicted molar refractivity (Wildman–Crippen MR) is 240 cm³/mol. The third-order valence-electron chi connectivity index (χ3n) is 9.83. The van der Waals surface area contributed by atoms with Gasteiger partial charge in [-0.05, 0) is 111 Å². The van der Waals surface area contributed by atoms with Crippen molar-refractivity contribution in [2.45, 2.75) is 89.4 Å². The van der Waals surface area contributed by atoms with Crippen LogP contribution in [0.15, 0.2) is 82.6 Å². The van der Waals surface area contributed by atoms with E-state index in [4.69, 9.17) is 32.4 Å². The fraction of sp³-hybridized carbons (Fsp3) is 0.409. The van der Waals surface area contributed by atoms with Crippen molar-refractivity contribution in [2.75, 3.05) is 36.9 Å². The number of amides is 6. The number of rotatable bonds is 28. The van der Waals surface area contributed by atoms with Crippen LogP contribution in [-0.2, 0) is 41.9 Å². The lowest BCUT2D eigenvalue weighted by atomic mass is 10.1. The van der Waals surface area contributed by atoms with Crippen molar-refractivity contribution >= 4 is 57.6 Å². The Labute approximate surface area is 369 Å². The zero-order valence-corrected chi connectivity index (χ0v) is 35.7. The molecular formula is C44H58N10O10. The zero-order chi connectivity index (χ0) is 46.4. The van der Waals surface area contributed by atoms with Crippen molar-refractivity contribution in [1.29, 1.82) is 0 Å². The standard InChI is InChI=1S/C44H58N10O10/c45-33(41(59)51-35-11-5-21-53(43(35)61)27-37(47)55)9-1-3-19-49-39(57)13-7-23-63-31-17-15-29-16-18-32(26-30(29)25-31)64-24-8-14-40(58)50-20-4-2-10-34(46)42(60)52-36-12-6-22-54(44(36)62)28-38(48)56/h5-6,11-12,15-18,21-22,25-26,33-34H,1-4,7-10,13-14,19-20,23-24,27-28,45-46H2,(H2,47,55)(H2,48,56)(H,49,57)(H,50,58)(H,51,59)(H,52,60)/t33-,34+. The van der Waals surface area contributed by atoms with Crippen LogP contribution in [0.2, 0.25) is 0 Å². The quantitative estimate of drug-likeness (QED) is 0.0370. The Morgan fingerprint density at radius 2 is 0.984 bits per heavy atom. The van der Waals surface area contributed by atoms with E-state index >= 15 is 0 Å². The van der Waals surface area contributed by atoms with Crippen molar-refractivity contribution in [1.82, 2.24) is 19.8 Å². The first-order chi connectivity index (χ1) is 30.7. The number of hydrogen-bond donors (Lipinski definition) is 8. The monoisotopic (exact) mass is 886 g/mol. The van der Waals surface area contributed by atoms with Gasteiger partial charge >= 0.3 is 0 Å². The van der Waals surface area contributed by atoms with Gasteiger partial charge in [-0.1, -0.05) is 12.1 Å². The summed E-state index contributed by atoms with van der Waals surface area (Å²) in [4.78, 5) is 96.8. The summed E-state index contributed by atoms with van der Waals surface area (Å²) in [7, 11) is 0. The number of benzene rings is 2. The average Bonchev–Trinajstić information content (AvgIpc) is 3.25. The molecule has 2 aromatic heterocycles. The molecule has 2 heterocycles. The summed E-state index contributed by atoms with van der Waals surface area (Å²) in [6.45, 7) is 0.887. The second kappa shape index (κ2) is 25.8. The average molecular weight is 887 g/mol. The molecule has 0 bridgehead atoms. The molecule has 0 fully saturated rings. The van der Waals surface area contributed by atoms with Gasteiger partial charge in [0.2, 0.25) is 35.4 Å². The molecule has 344 valence electrons. The summed E-state index contributed by atoms with van der Waals surface area (Å²) in [6, 6.07) is 15.5. The molecule has 2 atom stereocenters. The van der Waals surface area contributed by atoms with Crippen LogP contribution in [0.5, 0.6) is 11.5 Å². The van der Waals surface area contributed by atoms with Crippen LogP contribution in [0.3, 0.4) is 0 Å². The van der Waals surface area contributed by atoms with Crippen LogP contribution in [0.25, 0.3) is 10.8 Å². The molecule has 0 saturated carbocycles. The van der Waals surface area contributed by atoms with E-state index in [1.807, 2.05) is 36.4 Å². The maximum absolute atomic E-state index is 12.5. The largest absolute Gasteiger partial charge is 0.494 e. The summed E-state index contributed by atoms with van der Waals surface area (Å²) >= 11 is 0. The van der Waals surface area contributed by atoms with E-state index in [0.717, 1.165) is 19.9 Å². The van der Waals surface area contributed by atoms with E-state index < -0.39 is 46.8 Å². The van der Waals surface area contributed by atoms with Crippen LogP contribution in [0.1, 0.15) is 64.2 Å². The molecule has 20 nitrogen and oxygen atoms in total. The predicted octanol–water partition coefficient (Wildman–Crippen LogP) is 0.957. The Morgan fingerprint density at radius 3 is 1.39 bits per heavy atom. The summed E-state index contributed by atoms with van der Waals surface area (Å²) in [5, 5.41) is 12.6. The fourth-order valence-electron chi connectivity index (χ4n) is 6.40. The molecule has 0 unspecified atom stereocenters. The Hall–Kier alpha value is -7.06. The molecule has 0 aliphatic carbocycles. The van der Waals surface area contributed by atoms with Crippen molar-refractivity contribution in [3.05, 3.63) is 93.8 Å². The summed E-state index contributed by atoms with van der Waals surface area (Å²) in [6.07, 6.45) is 7.39. The zero-order valence-electron chi connectivity index (χ0n) is 35.7. The molecule has 0 radical (unpaired) electrons. The summed E-state index contributed by atoms with van der Waals surface area (Å²) in [5.74, 6) is -1.38. The normalized spacial score (nSPS) is 11.8. The van der Waals surface area contributed by atoms with Crippen molar-refractivity contribution in [3.8, 4) is 11.5 Å². The van der Waals surface area contributed by atoms with Crippen LogP contribution < -0.4 is 64.8 Å². The smallest absolute Gasteiger partial charge is 0.274 e. The first-order valence-electron chi connectivity index (χ1n) is 21.1. The van der Waals surface area contributed by atoms with E-state index in [0.29, 0.717) is 89.2 Å². The van der Waals surface area contributed by atoms with Crippen LogP contribution in [0.4, 0.5) is 11.4 Å². The number of unbranched alkanes of at least 4 members (excludes halogenated alkanes) is 2. The number of ether oxygens (including phenoxy) is 2. The number of anilines is 2. The molecule has 12 N–H and O–H groups in total. The molecule has 0 spiro atoms. The Bertz CT molecular complexity index is 2210. The van der Waals surface area contributed by atoms with Gasteiger partial charge in [0.05, 0.1) is 25.3 Å². The van der Waals surface area contributed by atoms with E-state index in [1.165, 1.54) is 36.7 Å². The molecule has 64 heavy (non-hydrogen) atoms. The maximum atomic E-state index is 12.5. The first-order valence-corrected chi connectivity index (χ1v) is 21.1. The summed E-state index contributed by atoms with van der Waals surface area (Å²) in [5.41, 5.74) is 21.2. The van der Waals surface area contributed by atoms with E-state index in [1.54, 1.807) is 0 Å². The lowest BCUT2D eigenvalue weighted by molar-refractivity contribution is -0.122. The number of carbonyl (C=O) groups is 6. The molecular weight excluding hydrogens is 829 g/mol. The summed E-state index contributed by atoms with van der Waals surface area (Å²) < 4.78 is 14.0.